The van der Waals surface area contributed by atoms with Crippen molar-refractivity contribution in [3.8, 4) is 17.0 Å². The second kappa shape index (κ2) is 13.0. The molecule has 0 bridgehead atoms. The van der Waals surface area contributed by atoms with E-state index < -0.39 is 7.92 Å². The first-order valence-electron chi connectivity index (χ1n) is 15.0. The van der Waals surface area contributed by atoms with Gasteiger partial charge < -0.3 is 25.0 Å². The molecule has 0 amide bonds. The third-order valence-electron chi connectivity index (χ3n) is 8.23. The van der Waals surface area contributed by atoms with Gasteiger partial charge in [-0.15, -0.1) is 0 Å². The zero-order valence-corrected chi connectivity index (χ0v) is 28.6. The second-order valence-electron chi connectivity index (χ2n) is 11.5. The van der Waals surface area contributed by atoms with E-state index >= 15 is 0 Å². The molecule has 0 aliphatic carbocycles. The molecule has 13 nitrogen and oxygen atoms in total. The molecule has 0 unspecified atom stereocenters. The summed E-state index contributed by atoms with van der Waals surface area (Å²) in [6.45, 7) is 9.68. The Kier molecular flexibility index (Phi) is 8.69. The monoisotopic (exact) mass is 703 g/mol. The summed E-state index contributed by atoms with van der Waals surface area (Å²) in [7, 11) is 3.05. The molecule has 1 aromatic carbocycles. The van der Waals surface area contributed by atoms with Gasteiger partial charge in [0, 0.05) is 80.1 Å². The van der Waals surface area contributed by atoms with Crippen LogP contribution in [0.5, 0.6) is 5.88 Å². The van der Waals surface area contributed by atoms with Crippen molar-refractivity contribution < 1.29 is 9.47 Å². The summed E-state index contributed by atoms with van der Waals surface area (Å²) in [5, 5.41) is 12.5. The highest BCUT2D eigenvalue weighted by Crippen LogP contribution is 2.39. The van der Waals surface area contributed by atoms with Crippen LogP contribution < -0.4 is 25.6 Å². The molecule has 5 aromatic rings. The van der Waals surface area contributed by atoms with Gasteiger partial charge in [0.05, 0.1) is 48.1 Å². The van der Waals surface area contributed by atoms with Crippen LogP contribution in [-0.4, -0.2) is 105 Å². The number of hydrogen-bond donors (Lipinski definition) is 2. The molecule has 2 N–H and O–H groups in total. The van der Waals surface area contributed by atoms with Gasteiger partial charge in [0.25, 0.3) is 0 Å². The number of piperazine rings is 1. The third kappa shape index (κ3) is 6.09. The van der Waals surface area contributed by atoms with Crippen molar-refractivity contribution >= 4 is 69.1 Å². The minimum Gasteiger partial charge on any atom is -0.479 e. The van der Waals surface area contributed by atoms with E-state index in [0.717, 1.165) is 82.8 Å². The summed E-state index contributed by atoms with van der Waals surface area (Å²) >= 11 is 3.63. The molecule has 46 heavy (non-hydrogen) atoms. The number of aromatic nitrogens is 7. The molecule has 0 radical (unpaired) electrons. The first kappa shape index (κ1) is 30.7. The highest BCUT2D eigenvalue weighted by atomic mass is 79.9. The first-order valence-corrected chi connectivity index (χ1v) is 18.0. The fourth-order valence-electron chi connectivity index (χ4n) is 5.82. The van der Waals surface area contributed by atoms with Crippen LogP contribution in [0.2, 0.25) is 0 Å². The summed E-state index contributed by atoms with van der Waals surface area (Å²) in [5.41, 5.74) is 5.26. The lowest BCUT2D eigenvalue weighted by Crippen LogP contribution is -2.56. The lowest BCUT2D eigenvalue weighted by molar-refractivity contribution is -0.0660. The molecule has 2 saturated heterocycles. The van der Waals surface area contributed by atoms with Gasteiger partial charge in [0.1, 0.15) is 17.3 Å². The van der Waals surface area contributed by atoms with Gasteiger partial charge in [-0.05, 0) is 47.5 Å². The third-order valence-corrected chi connectivity index (χ3v) is 10.2. The number of rotatable bonds is 9. The maximum absolute atomic E-state index is 5.82. The van der Waals surface area contributed by atoms with Gasteiger partial charge in [-0.1, -0.05) is 7.92 Å². The highest BCUT2D eigenvalue weighted by Gasteiger charge is 2.30. The molecular formula is C31H35BrN11O2P. The largest absolute Gasteiger partial charge is 0.479 e. The van der Waals surface area contributed by atoms with Crippen molar-refractivity contribution in [2.45, 2.75) is 6.04 Å². The molecule has 0 spiro atoms. The van der Waals surface area contributed by atoms with Gasteiger partial charge in [0.15, 0.2) is 0 Å². The maximum atomic E-state index is 5.82. The molecule has 238 valence electrons. The molecule has 4 aromatic heterocycles. The van der Waals surface area contributed by atoms with Crippen LogP contribution in [0.1, 0.15) is 0 Å². The number of benzene rings is 1. The Labute approximate surface area is 276 Å². The number of fused-ring (bicyclic) bond motifs is 1. The normalized spacial score (nSPS) is 15.7. The topological polar surface area (TPSA) is 131 Å². The molecule has 0 saturated carbocycles. The Morgan fingerprint density at radius 2 is 1.78 bits per heavy atom. The van der Waals surface area contributed by atoms with E-state index in [-0.39, 0.29) is 0 Å². The molecule has 6 heterocycles. The number of aryl methyl sites for hydroxylation is 1. The van der Waals surface area contributed by atoms with E-state index in [1.807, 2.05) is 37.6 Å². The van der Waals surface area contributed by atoms with Crippen molar-refractivity contribution in [3.05, 3.63) is 53.7 Å². The number of hydrogen-bond acceptors (Lipinski definition) is 12. The predicted octanol–water partition coefficient (Wildman–Crippen LogP) is 4.36. The van der Waals surface area contributed by atoms with E-state index in [2.05, 4.69) is 69.7 Å². The zero-order chi connectivity index (χ0) is 31.8. The zero-order valence-electron chi connectivity index (χ0n) is 26.1. The van der Waals surface area contributed by atoms with E-state index in [4.69, 9.17) is 19.4 Å². The Hall–Kier alpha value is -3.97. The van der Waals surface area contributed by atoms with Crippen LogP contribution in [0.4, 0.5) is 29.0 Å². The minimum absolute atomic E-state index is 0.393. The summed E-state index contributed by atoms with van der Waals surface area (Å²) in [6, 6.07) is 6.57. The molecule has 15 heteroatoms. The summed E-state index contributed by atoms with van der Waals surface area (Å²) in [6.07, 6.45) is 9.03. The number of ether oxygens (including phenoxy) is 2. The molecular weight excluding hydrogens is 669 g/mol. The van der Waals surface area contributed by atoms with Gasteiger partial charge in [0.2, 0.25) is 11.8 Å². The Morgan fingerprint density at radius 3 is 2.48 bits per heavy atom. The van der Waals surface area contributed by atoms with Gasteiger partial charge in [-0.25, -0.2) is 4.98 Å². The van der Waals surface area contributed by atoms with Crippen LogP contribution in [0.15, 0.2) is 53.7 Å². The minimum atomic E-state index is -0.496. The summed E-state index contributed by atoms with van der Waals surface area (Å²) in [5.74, 6) is 2.33. The van der Waals surface area contributed by atoms with Crippen molar-refractivity contribution in [2.75, 3.05) is 75.4 Å². The lowest BCUT2D eigenvalue weighted by atomic mass is 10.1. The van der Waals surface area contributed by atoms with E-state index in [1.54, 1.807) is 30.4 Å². The number of pyridine rings is 1. The van der Waals surface area contributed by atoms with Crippen molar-refractivity contribution in [1.29, 1.82) is 0 Å². The molecule has 2 fully saturated rings. The van der Waals surface area contributed by atoms with E-state index in [1.165, 1.54) is 0 Å². The molecule has 7 rings (SSSR count). The number of halogens is 1. The van der Waals surface area contributed by atoms with Crippen molar-refractivity contribution in [2.24, 2.45) is 7.05 Å². The predicted molar refractivity (Wildman–Crippen MR) is 186 cm³/mol. The first-order chi connectivity index (χ1) is 22.4. The van der Waals surface area contributed by atoms with E-state index in [9.17, 15) is 0 Å². The van der Waals surface area contributed by atoms with Gasteiger partial charge >= 0.3 is 0 Å². The average molecular weight is 705 g/mol. The lowest BCUT2D eigenvalue weighted by Gasteiger charge is -2.43. The molecule has 2 aliphatic rings. The Balaban J connectivity index is 1.20. The fourth-order valence-corrected chi connectivity index (χ4v) is 7.32. The Bertz CT molecular complexity index is 1880. The number of nitrogens with zero attached hydrogens (tertiary/aromatic N) is 9. The van der Waals surface area contributed by atoms with Crippen molar-refractivity contribution in [3.63, 3.8) is 0 Å². The SMILES string of the molecule is COc1nc(N2CCN(C3COC3)CC2)c(-c2cnn(C)c2)cc1Nc1ncc(Br)c(Nc2ccc3nccnc3c2P(C)C)n1. The van der Waals surface area contributed by atoms with Crippen LogP contribution in [0.3, 0.4) is 0 Å². The summed E-state index contributed by atoms with van der Waals surface area (Å²) in [4.78, 5) is 28.4. The number of methoxy groups -OCH3 is 1. The molecule has 2 aliphatic heterocycles. The van der Waals surface area contributed by atoms with Gasteiger partial charge in [-0.3, -0.25) is 19.5 Å². The van der Waals surface area contributed by atoms with Gasteiger partial charge in [-0.2, -0.15) is 15.1 Å². The van der Waals surface area contributed by atoms with Crippen LogP contribution in [0, 0.1) is 0 Å². The molecule has 0 atom stereocenters. The van der Waals surface area contributed by atoms with Crippen molar-refractivity contribution in [1.82, 2.24) is 39.6 Å². The second-order valence-corrected chi connectivity index (χ2v) is 14.5. The van der Waals surface area contributed by atoms with Crippen LogP contribution >= 0.6 is 23.9 Å². The van der Waals surface area contributed by atoms with Crippen LogP contribution in [0.25, 0.3) is 22.2 Å². The summed E-state index contributed by atoms with van der Waals surface area (Å²) < 4.78 is 13.8. The smallest absolute Gasteiger partial charge is 0.239 e. The average Bonchev–Trinajstić information content (AvgIpc) is 3.47. The fraction of sp³-hybridized carbons (Fsp3) is 0.355. The van der Waals surface area contributed by atoms with E-state index in [0.29, 0.717) is 29.4 Å². The number of nitrogens with one attached hydrogen (secondary N) is 2. The maximum Gasteiger partial charge on any atom is 0.239 e. The Morgan fingerprint density at radius 1 is 0.978 bits per heavy atom. The van der Waals surface area contributed by atoms with Crippen LogP contribution in [-0.2, 0) is 11.8 Å². The highest BCUT2D eigenvalue weighted by molar-refractivity contribution is 9.10. The standard InChI is InChI=1S/C31H35BrN11O2P/c1-41-16-19(14-36-41)21-13-25(30(44-2)40-29(21)43-11-9-42(10-12-43)20-17-45-18-20)38-31-35-15-22(32)28(39-31)37-24-6-5-23-26(27(24)46(3)4)34-8-7-33-23/h5-8,13-16,20H,9-12,17-18H2,1-4H3,(H2,35,37,38,39). The quantitative estimate of drug-likeness (QED) is 0.212. The number of anilines is 5.